The van der Waals surface area contributed by atoms with Gasteiger partial charge in [0.05, 0.1) is 13.2 Å². The molecule has 0 aromatic heterocycles. The largest absolute Gasteiger partial charge is 0.490 e. The lowest BCUT2D eigenvalue weighted by molar-refractivity contribution is 0.0981. The van der Waals surface area contributed by atoms with Crippen LogP contribution in [0.4, 0.5) is 0 Å². The van der Waals surface area contributed by atoms with Gasteiger partial charge in [0.2, 0.25) is 0 Å². The molecule has 3 rings (SSSR count). The molecule has 3 heteroatoms. The van der Waals surface area contributed by atoms with Crippen LogP contribution in [0.2, 0.25) is 0 Å². The van der Waals surface area contributed by atoms with Gasteiger partial charge in [-0.05, 0) is 35.4 Å². The van der Waals surface area contributed by atoms with Crippen molar-refractivity contribution in [3.63, 3.8) is 0 Å². The van der Waals surface area contributed by atoms with Crippen molar-refractivity contribution in [3.8, 4) is 11.5 Å². The Labute approximate surface area is 108 Å². The second kappa shape index (κ2) is 4.16. The molecule has 1 aromatic carbocycles. The predicted molar refractivity (Wildman–Crippen MR) is 71.2 cm³/mol. The van der Waals surface area contributed by atoms with Crippen molar-refractivity contribution in [1.29, 1.82) is 0 Å². The second-order valence-corrected chi connectivity index (χ2v) is 5.97. The summed E-state index contributed by atoms with van der Waals surface area (Å²) in [4.78, 5) is 0. The molecule has 0 bridgehead atoms. The average Bonchev–Trinajstić information content (AvgIpc) is 2.60. The molecule has 1 aliphatic carbocycles. The Morgan fingerprint density at radius 2 is 1.89 bits per heavy atom. The first kappa shape index (κ1) is 11.8. The Bertz CT molecular complexity index is 456. The fourth-order valence-electron chi connectivity index (χ4n) is 2.92. The van der Waals surface area contributed by atoms with Crippen LogP contribution in [0, 0.1) is 5.41 Å². The van der Waals surface area contributed by atoms with E-state index in [2.05, 4.69) is 26.0 Å². The zero-order valence-electron chi connectivity index (χ0n) is 11.1. The van der Waals surface area contributed by atoms with Gasteiger partial charge in [-0.1, -0.05) is 19.9 Å². The molecule has 1 fully saturated rings. The monoisotopic (exact) mass is 247 g/mol. The highest BCUT2D eigenvalue weighted by atomic mass is 16.5. The third-order valence-electron chi connectivity index (χ3n) is 4.52. The minimum Gasteiger partial charge on any atom is -0.490 e. The van der Waals surface area contributed by atoms with E-state index in [1.165, 1.54) is 5.56 Å². The van der Waals surface area contributed by atoms with Crippen LogP contribution < -0.4 is 15.2 Å². The van der Waals surface area contributed by atoms with Gasteiger partial charge in [0.15, 0.2) is 11.5 Å². The summed E-state index contributed by atoms with van der Waals surface area (Å²) in [6, 6.07) is 6.64. The van der Waals surface area contributed by atoms with E-state index in [1.54, 1.807) is 0 Å². The van der Waals surface area contributed by atoms with Gasteiger partial charge in [-0.25, -0.2) is 0 Å². The topological polar surface area (TPSA) is 44.5 Å². The Hall–Kier alpha value is -1.22. The minimum absolute atomic E-state index is 0.180. The summed E-state index contributed by atoms with van der Waals surface area (Å²) in [6.07, 6.45) is 2.01. The third kappa shape index (κ3) is 1.77. The normalized spacial score (nSPS) is 29.3. The van der Waals surface area contributed by atoms with Crippen LogP contribution in [0.15, 0.2) is 18.2 Å². The van der Waals surface area contributed by atoms with E-state index in [0.29, 0.717) is 12.0 Å². The van der Waals surface area contributed by atoms with Crippen LogP contribution in [0.5, 0.6) is 11.5 Å². The van der Waals surface area contributed by atoms with Gasteiger partial charge in [0, 0.05) is 12.5 Å². The predicted octanol–water partition coefficient (Wildman–Crippen LogP) is 2.69. The number of ether oxygens (including phenoxy) is 2. The molecular weight excluding hydrogens is 226 g/mol. The second-order valence-electron chi connectivity index (χ2n) is 5.97. The van der Waals surface area contributed by atoms with Crippen molar-refractivity contribution in [2.75, 3.05) is 13.2 Å². The van der Waals surface area contributed by atoms with Crippen LogP contribution in [0.25, 0.3) is 0 Å². The molecule has 1 aliphatic heterocycles. The summed E-state index contributed by atoms with van der Waals surface area (Å²) in [6.45, 7) is 5.97. The summed E-state index contributed by atoms with van der Waals surface area (Å²) in [7, 11) is 0. The highest BCUT2D eigenvalue weighted by Crippen LogP contribution is 2.52. The van der Waals surface area contributed by atoms with Crippen LogP contribution >= 0.6 is 0 Å². The van der Waals surface area contributed by atoms with Gasteiger partial charge in [-0.2, -0.15) is 0 Å². The fraction of sp³-hybridized carbons (Fsp3) is 0.600. The van der Waals surface area contributed by atoms with E-state index in [0.717, 1.165) is 37.6 Å². The first-order valence-corrected chi connectivity index (χ1v) is 6.74. The van der Waals surface area contributed by atoms with Crippen molar-refractivity contribution in [2.45, 2.75) is 38.6 Å². The molecule has 18 heavy (non-hydrogen) atoms. The van der Waals surface area contributed by atoms with Gasteiger partial charge in [0.1, 0.15) is 0 Å². The molecule has 2 unspecified atom stereocenters. The van der Waals surface area contributed by atoms with Crippen molar-refractivity contribution < 1.29 is 9.47 Å². The highest BCUT2D eigenvalue weighted by Gasteiger charge is 2.46. The minimum atomic E-state index is 0.180. The van der Waals surface area contributed by atoms with Crippen LogP contribution in [-0.2, 0) is 0 Å². The summed E-state index contributed by atoms with van der Waals surface area (Å²) in [5.41, 5.74) is 7.60. The lowest BCUT2D eigenvalue weighted by atomic mass is 9.57. The number of hydrogen-bond acceptors (Lipinski definition) is 3. The van der Waals surface area contributed by atoms with E-state index in [4.69, 9.17) is 15.2 Å². The van der Waals surface area contributed by atoms with E-state index in [1.807, 2.05) is 6.07 Å². The summed E-state index contributed by atoms with van der Waals surface area (Å²) in [5, 5.41) is 0. The fourth-order valence-corrected chi connectivity index (χ4v) is 2.92. The van der Waals surface area contributed by atoms with Gasteiger partial charge < -0.3 is 15.2 Å². The van der Waals surface area contributed by atoms with Crippen LogP contribution in [-0.4, -0.2) is 19.3 Å². The molecule has 98 valence electrons. The number of fused-ring (bicyclic) bond motifs is 1. The lowest BCUT2D eigenvalue weighted by Gasteiger charge is -2.50. The summed E-state index contributed by atoms with van der Waals surface area (Å²) < 4.78 is 11.4. The third-order valence-corrected chi connectivity index (χ3v) is 4.52. The molecule has 3 nitrogen and oxygen atoms in total. The molecule has 0 radical (unpaired) electrons. The first-order chi connectivity index (χ1) is 8.59. The molecular formula is C15H21NO2. The van der Waals surface area contributed by atoms with E-state index >= 15 is 0 Å². The molecule has 0 saturated heterocycles. The van der Waals surface area contributed by atoms with Crippen molar-refractivity contribution in [1.82, 2.24) is 0 Å². The zero-order chi connectivity index (χ0) is 12.8. The molecule has 0 amide bonds. The standard InChI is InChI=1S/C15H21NO2/c1-15(2)11(9-14(15)16)10-4-5-12-13(8-10)18-7-3-6-17-12/h4-5,8,11,14H,3,6-7,9,16H2,1-2H3. The van der Waals surface area contributed by atoms with Gasteiger partial charge >= 0.3 is 0 Å². The number of hydrogen-bond donors (Lipinski definition) is 1. The quantitative estimate of drug-likeness (QED) is 0.829. The molecule has 2 N–H and O–H groups in total. The number of benzene rings is 1. The zero-order valence-corrected chi connectivity index (χ0v) is 11.1. The number of nitrogens with two attached hydrogens (primary N) is 1. The molecule has 2 aliphatic rings. The summed E-state index contributed by atoms with van der Waals surface area (Å²) in [5.74, 6) is 2.30. The molecule has 0 spiro atoms. The Morgan fingerprint density at radius 1 is 1.17 bits per heavy atom. The maximum absolute atomic E-state index is 6.09. The van der Waals surface area contributed by atoms with Gasteiger partial charge in [0.25, 0.3) is 0 Å². The van der Waals surface area contributed by atoms with Crippen molar-refractivity contribution >= 4 is 0 Å². The molecule has 1 saturated carbocycles. The van der Waals surface area contributed by atoms with E-state index in [-0.39, 0.29) is 5.41 Å². The van der Waals surface area contributed by atoms with Crippen molar-refractivity contribution in [2.24, 2.45) is 11.1 Å². The highest BCUT2D eigenvalue weighted by molar-refractivity contribution is 5.45. The molecule has 1 heterocycles. The number of rotatable bonds is 1. The Morgan fingerprint density at radius 3 is 2.56 bits per heavy atom. The lowest BCUT2D eigenvalue weighted by Crippen LogP contribution is -2.52. The Kier molecular flexibility index (Phi) is 2.74. The molecule has 2 atom stereocenters. The SMILES string of the molecule is CC1(C)C(N)CC1c1ccc2c(c1)OCCCO2. The van der Waals surface area contributed by atoms with Gasteiger partial charge in [-0.3, -0.25) is 0 Å². The first-order valence-electron chi connectivity index (χ1n) is 6.74. The van der Waals surface area contributed by atoms with E-state index in [9.17, 15) is 0 Å². The van der Waals surface area contributed by atoms with Crippen LogP contribution in [0.3, 0.4) is 0 Å². The Balaban J connectivity index is 1.89. The maximum atomic E-state index is 6.09. The maximum Gasteiger partial charge on any atom is 0.161 e. The summed E-state index contributed by atoms with van der Waals surface area (Å²) >= 11 is 0. The van der Waals surface area contributed by atoms with E-state index < -0.39 is 0 Å². The van der Waals surface area contributed by atoms with Crippen molar-refractivity contribution in [3.05, 3.63) is 23.8 Å². The van der Waals surface area contributed by atoms with Gasteiger partial charge in [-0.15, -0.1) is 0 Å². The smallest absolute Gasteiger partial charge is 0.161 e. The average molecular weight is 247 g/mol. The molecule has 1 aromatic rings. The van der Waals surface area contributed by atoms with Crippen LogP contribution in [0.1, 0.15) is 38.2 Å².